The van der Waals surface area contributed by atoms with E-state index in [-0.39, 0.29) is 5.95 Å². The summed E-state index contributed by atoms with van der Waals surface area (Å²) in [6.07, 6.45) is 4.64. The van der Waals surface area contributed by atoms with Crippen LogP contribution in [0.3, 0.4) is 0 Å². The maximum Gasteiger partial charge on any atom is 0.225 e. The van der Waals surface area contributed by atoms with E-state index in [2.05, 4.69) is 42.1 Å². The highest BCUT2D eigenvalue weighted by molar-refractivity contribution is 5.90. The lowest BCUT2D eigenvalue weighted by molar-refractivity contribution is 0.146. The van der Waals surface area contributed by atoms with Gasteiger partial charge in [0.2, 0.25) is 11.8 Å². The molecule has 0 bridgehead atoms. The Morgan fingerprint density at radius 2 is 1.84 bits per heavy atom. The van der Waals surface area contributed by atoms with Gasteiger partial charge in [0.05, 0.1) is 31.3 Å². The van der Waals surface area contributed by atoms with Crippen molar-refractivity contribution in [1.82, 2.24) is 34.3 Å². The molecule has 0 atom stereocenters. The van der Waals surface area contributed by atoms with Crippen LogP contribution in [-0.4, -0.2) is 93.9 Å². The lowest BCUT2D eigenvalue weighted by Crippen LogP contribution is -2.47. The van der Waals surface area contributed by atoms with Crippen LogP contribution in [0, 0.1) is 0 Å². The Morgan fingerprint density at radius 3 is 2.59 bits per heavy atom. The van der Waals surface area contributed by atoms with Crippen molar-refractivity contribution < 1.29 is 14.2 Å². The largest absolute Gasteiger partial charge is 0.491 e. The molecule has 2 aliphatic heterocycles. The number of hydrogen-bond acceptors (Lipinski definition) is 10. The van der Waals surface area contributed by atoms with Crippen molar-refractivity contribution in [3.63, 3.8) is 0 Å². The van der Waals surface area contributed by atoms with Gasteiger partial charge in [0.1, 0.15) is 12.4 Å². The molecule has 4 aromatic rings. The molecule has 0 aliphatic carbocycles. The number of aromatic nitrogens is 6. The highest BCUT2D eigenvalue weighted by atomic mass is 16.5. The number of methoxy groups -OCH3 is 1. The minimum absolute atomic E-state index is 0.283. The fraction of sp³-hybridized carbons (Fsp3) is 0.440. The van der Waals surface area contributed by atoms with E-state index in [4.69, 9.17) is 19.9 Å². The molecule has 1 saturated heterocycles. The molecule has 12 heteroatoms. The maximum atomic E-state index is 6.23. The van der Waals surface area contributed by atoms with Crippen molar-refractivity contribution in [2.24, 2.45) is 0 Å². The summed E-state index contributed by atoms with van der Waals surface area (Å²) < 4.78 is 19.8. The van der Waals surface area contributed by atoms with Crippen LogP contribution < -0.4 is 15.4 Å². The minimum atomic E-state index is 0.283. The second-order valence-electron chi connectivity index (χ2n) is 9.12. The molecule has 0 spiro atoms. The van der Waals surface area contributed by atoms with E-state index in [1.165, 1.54) is 5.69 Å². The van der Waals surface area contributed by atoms with Gasteiger partial charge in [0.15, 0.2) is 17.1 Å². The van der Waals surface area contributed by atoms with Gasteiger partial charge in [0.25, 0.3) is 0 Å². The van der Waals surface area contributed by atoms with Crippen molar-refractivity contribution in [3.8, 4) is 5.75 Å². The van der Waals surface area contributed by atoms with E-state index < -0.39 is 0 Å². The number of piperazine rings is 1. The van der Waals surface area contributed by atoms with Crippen molar-refractivity contribution in [3.05, 3.63) is 42.4 Å². The molecule has 1 aromatic carbocycles. The molecule has 5 heterocycles. The lowest BCUT2D eigenvalue weighted by atomic mass is 10.2. The van der Waals surface area contributed by atoms with Crippen LogP contribution in [0.1, 0.15) is 12.2 Å². The number of hydrogen-bond donors (Lipinski definition) is 1. The Bertz CT molecular complexity index is 1400. The van der Waals surface area contributed by atoms with Gasteiger partial charge >= 0.3 is 0 Å². The van der Waals surface area contributed by atoms with Crippen LogP contribution in [-0.2, 0) is 16.0 Å². The first-order valence-electron chi connectivity index (χ1n) is 12.6. The van der Waals surface area contributed by atoms with Crippen molar-refractivity contribution in [1.29, 1.82) is 0 Å². The van der Waals surface area contributed by atoms with E-state index in [1.807, 2.05) is 22.9 Å². The molecule has 0 unspecified atom stereocenters. The summed E-state index contributed by atoms with van der Waals surface area (Å²) >= 11 is 0. The smallest absolute Gasteiger partial charge is 0.225 e. The third-order valence-corrected chi connectivity index (χ3v) is 6.78. The Kier molecular flexibility index (Phi) is 6.49. The van der Waals surface area contributed by atoms with E-state index in [0.29, 0.717) is 37.1 Å². The molecule has 0 saturated carbocycles. The van der Waals surface area contributed by atoms with Crippen LogP contribution in [0.2, 0.25) is 0 Å². The molecule has 3 aromatic heterocycles. The topological polar surface area (TPSA) is 121 Å². The Morgan fingerprint density at radius 1 is 1.00 bits per heavy atom. The van der Waals surface area contributed by atoms with E-state index >= 15 is 0 Å². The van der Waals surface area contributed by atoms with Gasteiger partial charge in [-0.3, -0.25) is 4.90 Å². The Hall–Kier alpha value is -3.90. The van der Waals surface area contributed by atoms with Crippen molar-refractivity contribution in [2.75, 3.05) is 70.3 Å². The number of nitrogens with zero attached hydrogens (tertiary/aromatic N) is 8. The molecular formula is C25H31N9O3. The summed E-state index contributed by atoms with van der Waals surface area (Å²) in [6, 6.07) is 8.28. The number of anilines is 2. The molecular weight excluding hydrogens is 474 g/mol. The molecule has 6 rings (SSSR count). The fourth-order valence-electron chi connectivity index (χ4n) is 4.76. The van der Waals surface area contributed by atoms with E-state index in [0.717, 1.165) is 62.5 Å². The average Bonchev–Trinajstić information content (AvgIpc) is 3.68. The molecule has 1 fully saturated rings. The van der Waals surface area contributed by atoms with Gasteiger partial charge in [-0.15, -0.1) is 5.10 Å². The van der Waals surface area contributed by atoms with Gasteiger partial charge in [-0.05, 0) is 30.3 Å². The standard InChI is InChI=1S/C25H31N9O3/c1-35-15-16-36-19-6-4-18(5-7-19)32-11-8-31(9-12-32)10-13-33-23-20(17-27-33)24-28-22(21-3-2-14-37-21)30-34(24)25(26)29-23/h3-7,17H,2,8-16H2,1H3,(H2,26,29). The number of ether oxygens (including phenoxy) is 3. The third kappa shape index (κ3) is 4.77. The van der Waals surface area contributed by atoms with Gasteiger partial charge in [-0.2, -0.15) is 14.6 Å². The van der Waals surface area contributed by atoms with Crippen molar-refractivity contribution in [2.45, 2.75) is 13.0 Å². The molecule has 0 amide bonds. The first-order valence-corrected chi connectivity index (χ1v) is 12.6. The van der Waals surface area contributed by atoms with Crippen LogP contribution >= 0.6 is 0 Å². The monoisotopic (exact) mass is 505 g/mol. The molecule has 2 aliphatic rings. The zero-order valence-corrected chi connectivity index (χ0v) is 20.9. The summed E-state index contributed by atoms with van der Waals surface area (Å²) in [5.41, 5.74) is 8.81. The summed E-state index contributed by atoms with van der Waals surface area (Å²) in [4.78, 5) is 14.1. The number of fused-ring (bicyclic) bond motifs is 3. The zero-order valence-electron chi connectivity index (χ0n) is 20.9. The van der Waals surface area contributed by atoms with Gasteiger partial charge < -0.3 is 24.8 Å². The first kappa shape index (κ1) is 23.5. The molecule has 0 radical (unpaired) electrons. The molecule has 37 heavy (non-hydrogen) atoms. The zero-order chi connectivity index (χ0) is 25.2. The van der Waals surface area contributed by atoms with E-state index in [1.54, 1.807) is 17.8 Å². The molecule has 12 nitrogen and oxygen atoms in total. The fourth-order valence-corrected chi connectivity index (χ4v) is 4.76. The van der Waals surface area contributed by atoms with Crippen LogP contribution in [0.4, 0.5) is 11.6 Å². The summed E-state index contributed by atoms with van der Waals surface area (Å²) in [5.74, 6) is 2.36. The summed E-state index contributed by atoms with van der Waals surface area (Å²) in [5, 5.41) is 9.90. The maximum absolute atomic E-state index is 6.23. The summed E-state index contributed by atoms with van der Waals surface area (Å²) in [6.45, 7) is 7.28. The second kappa shape index (κ2) is 10.2. The van der Waals surface area contributed by atoms with Crippen LogP contribution in [0.25, 0.3) is 22.4 Å². The lowest BCUT2D eigenvalue weighted by Gasteiger charge is -2.36. The Balaban J connectivity index is 1.08. The predicted octanol–water partition coefficient (Wildman–Crippen LogP) is 1.66. The first-order chi connectivity index (χ1) is 18.2. The summed E-state index contributed by atoms with van der Waals surface area (Å²) in [7, 11) is 1.67. The van der Waals surface area contributed by atoms with Gasteiger partial charge in [-0.1, -0.05) is 0 Å². The number of nitrogen functional groups attached to an aromatic ring is 1. The van der Waals surface area contributed by atoms with Gasteiger partial charge in [-0.25, -0.2) is 9.67 Å². The highest BCUT2D eigenvalue weighted by Gasteiger charge is 2.21. The normalized spacial score (nSPS) is 16.5. The Labute approximate surface area is 214 Å². The van der Waals surface area contributed by atoms with Crippen LogP contribution in [0.5, 0.6) is 5.75 Å². The quantitative estimate of drug-likeness (QED) is 0.336. The second-order valence-corrected chi connectivity index (χ2v) is 9.12. The minimum Gasteiger partial charge on any atom is -0.491 e. The average molecular weight is 506 g/mol. The molecule has 2 N–H and O–H groups in total. The van der Waals surface area contributed by atoms with Gasteiger partial charge in [0, 0.05) is 51.9 Å². The number of nitrogens with two attached hydrogens (primary N) is 1. The van der Waals surface area contributed by atoms with Crippen molar-refractivity contribution >= 4 is 34.1 Å². The third-order valence-electron chi connectivity index (χ3n) is 6.78. The number of rotatable bonds is 9. The SMILES string of the molecule is COCCOc1ccc(N2CCN(CCn3ncc4c3nc(N)n3nc(C5=CCCO5)nc43)CC2)cc1. The van der Waals surface area contributed by atoms with Crippen LogP contribution in [0.15, 0.2) is 36.5 Å². The highest BCUT2D eigenvalue weighted by Crippen LogP contribution is 2.24. The predicted molar refractivity (Wildman–Crippen MR) is 139 cm³/mol. The number of benzene rings is 1. The van der Waals surface area contributed by atoms with E-state index in [9.17, 15) is 0 Å². The molecule has 194 valence electrons.